The van der Waals surface area contributed by atoms with E-state index >= 15 is 0 Å². The Bertz CT molecular complexity index is 512. The van der Waals surface area contributed by atoms with Crippen molar-refractivity contribution in [3.63, 3.8) is 0 Å². The number of carbonyl (C=O) groups excluding carboxylic acids is 1. The lowest BCUT2D eigenvalue weighted by Gasteiger charge is -2.20. The smallest absolute Gasteiger partial charge is 0.310 e. The molecule has 116 valence electrons. The lowest BCUT2D eigenvalue weighted by Crippen LogP contribution is -2.18. The van der Waals surface area contributed by atoms with Gasteiger partial charge in [-0.25, -0.2) is 0 Å². The number of rotatable bonds is 0. The molecule has 2 atom stereocenters. The van der Waals surface area contributed by atoms with Gasteiger partial charge in [-0.2, -0.15) is 0 Å². The van der Waals surface area contributed by atoms with Crippen LogP contribution in [-0.4, -0.2) is 27.4 Å². The van der Waals surface area contributed by atoms with Crippen LogP contribution in [0.3, 0.4) is 0 Å². The highest BCUT2D eigenvalue weighted by atomic mass is 16.5. The highest BCUT2D eigenvalue weighted by Crippen LogP contribution is 2.35. The summed E-state index contributed by atoms with van der Waals surface area (Å²) in [5.74, 6) is -0.733. The van der Waals surface area contributed by atoms with E-state index in [1.165, 1.54) is 12.1 Å². The van der Waals surface area contributed by atoms with Gasteiger partial charge in [-0.05, 0) is 37.8 Å². The summed E-state index contributed by atoms with van der Waals surface area (Å²) in [5.41, 5.74) is 0.732. The van der Waals surface area contributed by atoms with Crippen LogP contribution in [0.2, 0.25) is 0 Å². The number of benzene rings is 1. The van der Waals surface area contributed by atoms with E-state index < -0.39 is 12.1 Å². The maximum Gasteiger partial charge on any atom is 0.310 e. The molecule has 21 heavy (non-hydrogen) atoms. The molecule has 0 saturated heterocycles. The summed E-state index contributed by atoms with van der Waals surface area (Å²) in [6.07, 6.45) is 2.99. The van der Waals surface area contributed by atoms with Crippen LogP contribution in [0.15, 0.2) is 12.1 Å². The molecule has 0 fully saturated rings. The van der Waals surface area contributed by atoms with Crippen molar-refractivity contribution in [2.24, 2.45) is 0 Å². The molecule has 5 nitrogen and oxygen atoms in total. The quantitative estimate of drug-likeness (QED) is 0.640. The predicted octanol–water partition coefficient (Wildman–Crippen LogP) is 2.57. The number of esters is 1. The molecule has 0 bridgehead atoms. The Labute approximate surface area is 124 Å². The fourth-order valence-corrected chi connectivity index (χ4v) is 2.78. The Morgan fingerprint density at radius 3 is 2.62 bits per heavy atom. The Kier molecular flexibility index (Phi) is 5.07. The predicted molar refractivity (Wildman–Crippen MR) is 77.1 cm³/mol. The molecule has 2 rings (SSSR count). The van der Waals surface area contributed by atoms with Crippen LogP contribution in [0.1, 0.15) is 56.3 Å². The third-order valence-electron chi connectivity index (χ3n) is 3.82. The van der Waals surface area contributed by atoms with Crippen LogP contribution in [0.5, 0.6) is 11.5 Å². The van der Waals surface area contributed by atoms with Gasteiger partial charge in [0.25, 0.3) is 0 Å². The fourth-order valence-electron chi connectivity index (χ4n) is 2.78. The zero-order valence-corrected chi connectivity index (χ0v) is 12.2. The second kappa shape index (κ2) is 6.80. The Morgan fingerprint density at radius 1 is 1.14 bits per heavy atom. The van der Waals surface area contributed by atoms with E-state index in [1.54, 1.807) is 0 Å². The van der Waals surface area contributed by atoms with E-state index in [1.807, 2.05) is 6.92 Å². The van der Waals surface area contributed by atoms with Crippen molar-refractivity contribution >= 4 is 5.97 Å². The van der Waals surface area contributed by atoms with Crippen LogP contribution in [0, 0.1) is 0 Å². The molecule has 0 aromatic heterocycles. The molecule has 0 saturated carbocycles. The van der Waals surface area contributed by atoms with Crippen LogP contribution in [-0.2, 0) is 16.0 Å². The van der Waals surface area contributed by atoms with Gasteiger partial charge in [0.15, 0.2) is 0 Å². The lowest BCUT2D eigenvalue weighted by atomic mass is 9.94. The second-order valence-electron chi connectivity index (χ2n) is 5.67. The number of hydrogen-bond acceptors (Lipinski definition) is 5. The van der Waals surface area contributed by atoms with E-state index in [2.05, 4.69) is 0 Å². The number of aliphatic hydroxyl groups is 1. The molecule has 1 heterocycles. The van der Waals surface area contributed by atoms with Crippen LogP contribution in [0.4, 0.5) is 0 Å². The van der Waals surface area contributed by atoms with Gasteiger partial charge in [-0.15, -0.1) is 0 Å². The van der Waals surface area contributed by atoms with E-state index in [9.17, 15) is 20.1 Å². The van der Waals surface area contributed by atoms with Gasteiger partial charge in [0.2, 0.25) is 0 Å². The van der Waals surface area contributed by atoms with E-state index in [0.29, 0.717) is 17.5 Å². The first-order valence-electron chi connectivity index (χ1n) is 7.39. The number of ether oxygens (including phenoxy) is 1. The summed E-state index contributed by atoms with van der Waals surface area (Å²) < 4.78 is 5.31. The van der Waals surface area contributed by atoms with Crippen molar-refractivity contribution in [2.45, 2.75) is 57.7 Å². The highest BCUT2D eigenvalue weighted by Gasteiger charge is 2.22. The molecule has 0 radical (unpaired) electrons. The van der Waals surface area contributed by atoms with Crippen LogP contribution < -0.4 is 0 Å². The number of aliphatic hydroxyl groups excluding tert-OH is 1. The Morgan fingerprint density at radius 2 is 1.86 bits per heavy atom. The van der Waals surface area contributed by atoms with Gasteiger partial charge in [-0.1, -0.05) is 12.8 Å². The molecular formula is C16H22O5. The third-order valence-corrected chi connectivity index (χ3v) is 3.82. The number of carbonyl (C=O) groups is 1. The minimum absolute atomic E-state index is 0.0707. The van der Waals surface area contributed by atoms with E-state index in [4.69, 9.17) is 4.74 Å². The first kappa shape index (κ1) is 15.6. The third kappa shape index (κ3) is 4.11. The monoisotopic (exact) mass is 294 g/mol. The minimum Gasteiger partial charge on any atom is -0.508 e. The Balaban J connectivity index is 2.34. The number of phenols is 2. The summed E-state index contributed by atoms with van der Waals surface area (Å²) >= 11 is 0. The van der Waals surface area contributed by atoms with Crippen molar-refractivity contribution in [3.05, 3.63) is 23.3 Å². The van der Waals surface area contributed by atoms with Crippen LogP contribution >= 0.6 is 0 Å². The molecule has 1 aromatic carbocycles. The van der Waals surface area contributed by atoms with Gasteiger partial charge in [0.1, 0.15) is 11.5 Å². The van der Waals surface area contributed by atoms with Crippen molar-refractivity contribution < 1.29 is 24.9 Å². The van der Waals surface area contributed by atoms with Crippen molar-refractivity contribution in [1.82, 2.24) is 0 Å². The number of hydrogen-bond donors (Lipinski definition) is 3. The topological polar surface area (TPSA) is 87.0 Å². The summed E-state index contributed by atoms with van der Waals surface area (Å²) in [4.78, 5) is 11.9. The molecule has 1 aliphatic rings. The maximum absolute atomic E-state index is 11.9. The molecule has 1 aliphatic heterocycles. The average molecular weight is 294 g/mol. The maximum atomic E-state index is 11.9. The first-order valence-corrected chi connectivity index (χ1v) is 7.39. The van der Waals surface area contributed by atoms with Gasteiger partial charge in [-0.3, -0.25) is 4.79 Å². The second-order valence-corrected chi connectivity index (χ2v) is 5.67. The van der Waals surface area contributed by atoms with E-state index in [0.717, 1.165) is 25.7 Å². The molecule has 1 aromatic rings. The zero-order valence-electron chi connectivity index (χ0n) is 12.2. The molecule has 3 N–H and O–H groups in total. The number of fused-ring (bicyclic) bond motifs is 1. The van der Waals surface area contributed by atoms with Crippen molar-refractivity contribution in [2.75, 3.05) is 0 Å². The van der Waals surface area contributed by atoms with Crippen molar-refractivity contribution in [1.29, 1.82) is 0 Å². The summed E-state index contributed by atoms with van der Waals surface area (Å²) in [5, 5.41) is 29.8. The number of cyclic esters (lactones) is 1. The Hall–Kier alpha value is -1.75. The molecule has 0 amide bonds. The largest absolute Gasteiger partial charge is 0.508 e. The van der Waals surface area contributed by atoms with Crippen LogP contribution in [0.25, 0.3) is 0 Å². The number of phenolic OH excluding ortho intramolecular Hbond substituents is 2. The molecular weight excluding hydrogens is 272 g/mol. The summed E-state index contributed by atoms with van der Waals surface area (Å²) in [6.45, 7) is 1.86. The van der Waals surface area contributed by atoms with Gasteiger partial charge in [0, 0.05) is 11.6 Å². The average Bonchev–Trinajstić information content (AvgIpc) is 2.35. The van der Waals surface area contributed by atoms with Gasteiger partial charge < -0.3 is 20.1 Å². The summed E-state index contributed by atoms with van der Waals surface area (Å²) in [7, 11) is 0. The van der Waals surface area contributed by atoms with E-state index in [-0.39, 0.29) is 24.0 Å². The van der Waals surface area contributed by atoms with Crippen molar-refractivity contribution in [3.8, 4) is 11.5 Å². The molecule has 0 aliphatic carbocycles. The zero-order chi connectivity index (χ0) is 15.4. The normalized spacial score (nSPS) is 24.4. The molecule has 0 unspecified atom stereocenters. The van der Waals surface area contributed by atoms with Gasteiger partial charge in [0.05, 0.1) is 18.6 Å². The minimum atomic E-state index is -0.842. The summed E-state index contributed by atoms with van der Waals surface area (Å²) in [6, 6.07) is 2.58. The SMILES string of the molecule is C[C@@H]1CCCCC[C@H](O)c2c(O)cc(O)cc2CC(=O)O1. The fraction of sp³-hybridized carbons (Fsp3) is 0.562. The first-order chi connectivity index (χ1) is 9.97. The molecule has 0 spiro atoms. The highest BCUT2D eigenvalue weighted by molar-refractivity contribution is 5.74. The lowest BCUT2D eigenvalue weighted by molar-refractivity contribution is -0.147. The molecule has 5 heteroatoms. The van der Waals surface area contributed by atoms with Gasteiger partial charge >= 0.3 is 5.97 Å². The number of aromatic hydroxyl groups is 2. The standard InChI is InChI=1S/C16H22O5/c1-10-5-3-2-4-6-13(18)16-11(8-15(20)21-10)7-12(17)9-14(16)19/h7,9-10,13,17-19H,2-6,8H2,1H3/t10-,13+/m1/s1.